The van der Waals surface area contributed by atoms with Crippen molar-refractivity contribution in [1.82, 2.24) is 0 Å². The summed E-state index contributed by atoms with van der Waals surface area (Å²) in [5.74, 6) is -0.294. The highest BCUT2D eigenvalue weighted by Crippen LogP contribution is 2.26. The van der Waals surface area contributed by atoms with Gasteiger partial charge >= 0.3 is 5.97 Å². The summed E-state index contributed by atoms with van der Waals surface area (Å²) in [6.45, 7) is 0. The number of methoxy groups -OCH3 is 1. The molecule has 1 saturated carbocycles. The lowest BCUT2D eigenvalue weighted by Crippen LogP contribution is -2.19. The highest BCUT2D eigenvalue weighted by molar-refractivity contribution is 6.04. The Bertz CT molecular complexity index is 398. The Morgan fingerprint density at radius 3 is 2.81 bits per heavy atom. The van der Waals surface area contributed by atoms with Crippen molar-refractivity contribution >= 4 is 17.4 Å². The number of ether oxygens (including phenoxy) is 1. The molecule has 1 aliphatic carbocycles. The van der Waals surface area contributed by atoms with Gasteiger partial charge in [-0.1, -0.05) is 18.2 Å². The van der Waals surface area contributed by atoms with E-state index in [1.54, 1.807) is 0 Å². The van der Waals surface area contributed by atoms with Crippen LogP contribution in [0.1, 0.15) is 19.3 Å². The number of esters is 1. The van der Waals surface area contributed by atoms with E-state index in [0.29, 0.717) is 0 Å². The van der Waals surface area contributed by atoms with Gasteiger partial charge in [0.1, 0.15) is 0 Å². The number of hydrogen-bond donors (Lipinski definition) is 0. The van der Waals surface area contributed by atoms with Gasteiger partial charge in [-0.3, -0.25) is 9.79 Å². The van der Waals surface area contributed by atoms with E-state index in [0.717, 1.165) is 30.7 Å². The highest BCUT2D eigenvalue weighted by atomic mass is 16.5. The summed E-state index contributed by atoms with van der Waals surface area (Å²) in [4.78, 5) is 16.0. The lowest BCUT2D eigenvalue weighted by atomic mass is 10.1. The van der Waals surface area contributed by atoms with Crippen molar-refractivity contribution in [2.24, 2.45) is 10.9 Å². The Morgan fingerprint density at radius 1 is 1.38 bits per heavy atom. The van der Waals surface area contributed by atoms with E-state index in [4.69, 9.17) is 4.74 Å². The van der Waals surface area contributed by atoms with E-state index in [2.05, 4.69) is 4.99 Å². The molecule has 0 radical (unpaired) electrons. The highest BCUT2D eigenvalue weighted by Gasteiger charge is 2.29. The molecule has 1 atom stereocenters. The fourth-order valence-corrected chi connectivity index (χ4v) is 2.03. The zero-order chi connectivity index (χ0) is 11.4. The van der Waals surface area contributed by atoms with Crippen LogP contribution in [0, 0.1) is 5.92 Å². The predicted molar refractivity (Wildman–Crippen MR) is 62.9 cm³/mol. The van der Waals surface area contributed by atoms with Crippen LogP contribution in [0.3, 0.4) is 0 Å². The maximum atomic E-state index is 11.5. The summed E-state index contributed by atoms with van der Waals surface area (Å²) in [5, 5.41) is 0. The fraction of sp³-hybridized carbons (Fsp3) is 0.385. The predicted octanol–water partition coefficient (Wildman–Crippen LogP) is 2.73. The second-order valence-corrected chi connectivity index (χ2v) is 3.91. The molecule has 0 spiro atoms. The third kappa shape index (κ3) is 2.30. The minimum Gasteiger partial charge on any atom is -0.469 e. The molecule has 84 valence electrons. The molecule has 0 aromatic heterocycles. The van der Waals surface area contributed by atoms with Crippen molar-refractivity contribution in [3.63, 3.8) is 0 Å². The summed E-state index contributed by atoms with van der Waals surface area (Å²) in [6.07, 6.45) is 2.78. The second-order valence-electron chi connectivity index (χ2n) is 3.91. The molecule has 0 N–H and O–H groups in total. The van der Waals surface area contributed by atoms with E-state index in [1.807, 2.05) is 30.3 Å². The number of benzene rings is 1. The molecule has 1 aromatic rings. The summed E-state index contributed by atoms with van der Waals surface area (Å²) in [6, 6.07) is 9.73. The Hall–Kier alpha value is -1.64. The van der Waals surface area contributed by atoms with E-state index < -0.39 is 0 Å². The normalized spacial score (nSPS) is 22.3. The number of carbonyl (C=O) groups excluding carboxylic acids is 1. The minimum atomic E-state index is -0.160. The molecule has 0 heterocycles. The molecule has 3 heteroatoms. The summed E-state index contributed by atoms with van der Waals surface area (Å²) in [5.41, 5.74) is 1.87. The van der Waals surface area contributed by atoms with Crippen LogP contribution in [0.25, 0.3) is 0 Å². The Kier molecular flexibility index (Phi) is 3.34. The molecule has 1 fully saturated rings. The quantitative estimate of drug-likeness (QED) is 0.714. The average molecular weight is 217 g/mol. The van der Waals surface area contributed by atoms with Crippen LogP contribution in [0.5, 0.6) is 0 Å². The third-order valence-corrected chi connectivity index (χ3v) is 2.84. The molecule has 1 aromatic carbocycles. The number of hydrogen-bond acceptors (Lipinski definition) is 3. The first-order valence-electron chi connectivity index (χ1n) is 5.51. The number of carbonyl (C=O) groups is 1. The lowest BCUT2D eigenvalue weighted by Gasteiger charge is -2.08. The second kappa shape index (κ2) is 4.92. The molecule has 3 nitrogen and oxygen atoms in total. The smallest absolute Gasteiger partial charge is 0.314 e. The zero-order valence-corrected chi connectivity index (χ0v) is 9.35. The molecule has 0 amide bonds. The van der Waals surface area contributed by atoms with Crippen molar-refractivity contribution < 1.29 is 9.53 Å². The first kappa shape index (κ1) is 10.9. The summed E-state index contributed by atoms with van der Waals surface area (Å²) >= 11 is 0. The summed E-state index contributed by atoms with van der Waals surface area (Å²) in [7, 11) is 1.43. The number of rotatable bonds is 2. The lowest BCUT2D eigenvalue weighted by molar-refractivity contribution is -0.142. The summed E-state index contributed by atoms with van der Waals surface area (Å²) < 4.78 is 4.78. The number of para-hydroxylation sites is 1. The van der Waals surface area contributed by atoms with Crippen molar-refractivity contribution in [3.05, 3.63) is 30.3 Å². The number of nitrogens with zero attached hydrogens (tertiary/aromatic N) is 1. The van der Waals surface area contributed by atoms with Gasteiger partial charge in [-0.2, -0.15) is 0 Å². The van der Waals surface area contributed by atoms with Crippen LogP contribution >= 0.6 is 0 Å². The molecule has 0 aliphatic heterocycles. The largest absolute Gasteiger partial charge is 0.469 e. The molecular formula is C13H15NO2. The van der Waals surface area contributed by atoms with Gasteiger partial charge in [0.25, 0.3) is 0 Å². The van der Waals surface area contributed by atoms with Crippen molar-refractivity contribution in [3.8, 4) is 0 Å². The van der Waals surface area contributed by atoms with E-state index >= 15 is 0 Å². The minimum absolute atomic E-state index is 0.134. The topological polar surface area (TPSA) is 38.7 Å². The molecule has 2 rings (SSSR count). The van der Waals surface area contributed by atoms with Gasteiger partial charge in [0.05, 0.1) is 18.7 Å². The fourth-order valence-electron chi connectivity index (χ4n) is 2.03. The van der Waals surface area contributed by atoms with Crippen LogP contribution in [0.4, 0.5) is 5.69 Å². The molecule has 1 unspecified atom stereocenters. The first-order valence-corrected chi connectivity index (χ1v) is 5.51. The maximum absolute atomic E-state index is 11.5. The van der Waals surface area contributed by atoms with Crippen molar-refractivity contribution in [2.75, 3.05) is 7.11 Å². The Labute approximate surface area is 95.2 Å². The molecular weight excluding hydrogens is 202 g/mol. The van der Waals surface area contributed by atoms with Crippen molar-refractivity contribution in [2.45, 2.75) is 19.3 Å². The first-order chi connectivity index (χ1) is 7.81. The molecule has 16 heavy (non-hydrogen) atoms. The Balaban J connectivity index is 2.20. The van der Waals surface area contributed by atoms with Crippen LogP contribution in [0.2, 0.25) is 0 Å². The van der Waals surface area contributed by atoms with E-state index in [9.17, 15) is 4.79 Å². The van der Waals surface area contributed by atoms with Crippen molar-refractivity contribution in [1.29, 1.82) is 0 Å². The molecule has 0 bridgehead atoms. The van der Waals surface area contributed by atoms with E-state index in [-0.39, 0.29) is 11.9 Å². The van der Waals surface area contributed by atoms with Gasteiger partial charge in [-0.25, -0.2) is 0 Å². The number of aliphatic imine (C=N–C) groups is 1. The van der Waals surface area contributed by atoms with Crippen LogP contribution < -0.4 is 0 Å². The third-order valence-electron chi connectivity index (χ3n) is 2.84. The molecule has 0 saturated heterocycles. The standard InChI is InChI=1S/C13H15NO2/c1-16-13(15)11-8-5-9-12(11)14-10-6-3-2-4-7-10/h2-4,6-7,11H,5,8-9H2,1H3. The van der Waals surface area contributed by atoms with E-state index in [1.165, 1.54) is 7.11 Å². The van der Waals surface area contributed by atoms with Gasteiger partial charge in [0.2, 0.25) is 0 Å². The SMILES string of the molecule is COC(=O)C1CCCC1=Nc1ccccc1. The van der Waals surface area contributed by atoms with Gasteiger partial charge in [0.15, 0.2) is 0 Å². The average Bonchev–Trinajstić information content (AvgIpc) is 2.77. The molecule has 1 aliphatic rings. The Morgan fingerprint density at radius 2 is 2.12 bits per heavy atom. The van der Waals surface area contributed by atoms with Crippen LogP contribution in [-0.2, 0) is 9.53 Å². The maximum Gasteiger partial charge on any atom is 0.314 e. The van der Waals surface area contributed by atoms with Gasteiger partial charge in [-0.05, 0) is 31.4 Å². The zero-order valence-electron chi connectivity index (χ0n) is 9.35. The van der Waals surface area contributed by atoms with Gasteiger partial charge in [0, 0.05) is 5.71 Å². The monoisotopic (exact) mass is 217 g/mol. The van der Waals surface area contributed by atoms with Crippen LogP contribution in [-0.4, -0.2) is 18.8 Å². The van der Waals surface area contributed by atoms with Gasteiger partial charge in [-0.15, -0.1) is 0 Å². The van der Waals surface area contributed by atoms with Gasteiger partial charge < -0.3 is 4.74 Å². The van der Waals surface area contributed by atoms with Crippen LogP contribution in [0.15, 0.2) is 35.3 Å².